The number of hydrogen-bond donors (Lipinski definition) is 1. The molecule has 0 bridgehead atoms. The van der Waals surface area contributed by atoms with Crippen LogP contribution in [0.3, 0.4) is 0 Å². The SMILES string of the molecule is N#CC1CCC(n2cc(-c3ccc4c(c3)CN(C3CCC(=O)NC3=O)C4=O)nn2)C1. The van der Waals surface area contributed by atoms with Gasteiger partial charge in [0.15, 0.2) is 0 Å². The topological polar surface area (TPSA) is 121 Å². The molecule has 3 heterocycles. The lowest BCUT2D eigenvalue weighted by molar-refractivity contribution is -0.136. The summed E-state index contributed by atoms with van der Waals surface area (Å²) in [5.74, 6) is -0.827. The molecule has 3 atom stereocenters. The van der Waals surface area contributed by atoms with Crippen molar-refractivity contribution in [3.8, 4) is 17.3 Å². The highest BCUT2D eigenvalue weighted by Crippen LogP contribution is 2.35. The number of carbonyl (C=O) groups is 3. The Kier molecular flexibility index (Phi) is 4.35. The molecule has 152 valence electrons. The number of nitrogens with one attached hydrogen (secondary N) is 1. The lowest BCUT2D eigenvalue weighted by atomic mass is 10.0. The van der Waals surface area contributed by atoms with Gasteiger partial charge in [-0.25, -0.2) is 4.68 Å². The first-order valence-corrected chi connectivity index (χ1v) is 10.1. The predicted octanol–water partition coefficient (Wildman–Crippen LogP) is 1.57. The third kappa shape index (κ3) is 3.05. The number of nitrogens with zero attached hydrogens (tertiary/aromatic N) is 5. The Balaban J connectivity index is 1.36. The fourth-order valence-electron chi connectivity index (χ4n) is 4.64. The maximum Gasteiger partial charge on any atom is 0.255 e. The molecule has 1 saturated heterocycles. The first-order valence-electron chi connectivity index (χ1n) is 10.1. The number of aromatic nitrogens is 3. The van der Waals surface area contributed by atoms with Crippen molar-refractivity contribution in [2.24, 2.45) is 5.92 Å². The fourth-order valence-corrected chi connectivity index (χ4v) is 4.64. The maximum atomic E-state index is 12.8. The number of fused-ring (bicyclic) bond motifs is 1. The Morgan fingerprint density at radius 1 is 1.17 bits per heavy atom. The quantitative estimate of drug-likeness (QED) is 0.775. The van der Waals surface area contributed by atoms with E-state index in [9.17, 15) is 14.4 Å². The summed E-state index contributed by atoms with van der Waals surface area (Å²) < 4.78 is 1.83. The van der Waals surface area contributed by atoms with E-state index in [4.69, 9.17) is 5.26 Å². The predicted molar refractivity (Wildman–Crippen MR) is 103 cm³/mol. The maximum absolute atomic E-state index is 12.8. The third-order valence-corrected chi connectivity index (χ3v) is 6.29. The van der Waals surface area contributed by atoms with Crippen LogP contribution in [0.1, 0.15) is 54.1 Å². The molecular weight excluding hydrogens is 384 g/mol. The van der Waals surface area contributed by atoms with Crippen LogP contribution < -0.4 is 5.32 Å². The Morgan fingerprint density at radius 3 is 2.80 bits per heavy atom. The Hall–Kier alpha value is -3.54. The normalized spacial score (nSPS) is 25.9. The second-order valence-corrected chi connectivity index (χ2v) is 8.15. The summed E-state index contributed by atoms with van der Waals surface area (Å²) >= 11 is 0. The molecule has 1 N–H and O–H groups in total. The average molecular weight is 404 g/mol. The molecule has 0 radical (unpaired) electrons. The van der Waals surface area contributed by atoms with E-state index >= 15 is 0 Å². The number of benzene rings is 1. The van der Waals surface area contributed by atoms with Crippen molar-refractivity contribution in [1.82, 2.24) is 25.2 Å². The van der Waals surface area contributed by atoms with Crippen molar-refractivity contribution in [3.05, 3.63) is 35.5 Å². The number of rotatable bonds is 3. The molecule has 3 amide bonds. The van der Waals surface area contributed by atoms with Gasteiger partial charge in [0.05, 0.1) is 18.3 Å². The van der Waals surface area contributed by atoms with E-state index in [0.717, 1.165) is 30.4 Å². The van der Waals surface area contributed by atoms with Crippen molar-refractivity contribution in [2.45, 2.75) is 50.7 Å². The Labute approximate surface area is 172 Å². The van der Waals surface area contributed by atoms with E-state index in [2.05, 4.69) is 21.7 Å². The molecule has 9 heteroatoms. The van der Waals surface area contributed by atoms with Gasteiger partial charge in [0.1, 0.15) is 11.7 Å². The molecule has 30 heavy (non-hydrogen) atoms. The average Bonchev–Trinajstić information content (AvgIpc) is 3.46. The number of hydrogen-bond acceptors (Lipinski definition) is 6. The van der Waals surface area contributed by atoms with E-state index in [1.807, 2.05) is 23.0 Å². The van der Waals surface area contributed by atoms with Gasteiger partial charge >= 0.3 is 0 Å². The monoisotopic (exact) mass is 404 g/mol. The second kappa shape index (κ2) is 7.06. The van der Waals surface area contributed by atoms with E-state index in [1.54, 1.807) is 6.07 Å². The number of amides is 3. The highest BCUT2D eigenvalue weighted by atomic mass is 16.2. The third-order valence-electron chi connectivity index (χ3n) is 6.29. The summed E-state index contributed by atoms with van der Waals surface area (Å²) in [6.07, 6.45) is 5.06. The lowest BCUT2D eigenvalue weighted by Crippen LogP contribution is -2.52. The standard InChI is InChI=1S/C21H20N6O3/c22-9-12-1-3-15(7-12)27-11-17(24-25-27)13-2-4-16-14(8-13)10-26(21(16)30)18-5-6-19(28)23-20(18)29/h2,4,8,11-12,15,18H,1,3,5-7,10H2,(H,23,28,29). The van der Waals surface area contributed by atoms with E-state index in [-0.39, 0.29) is 30.2 Å². The van der Waals surface area contributed by atoms with E-state index < -0.39 is 11.9 Å². The lowest BCUT2D eigenvalue weighted by Gasteiger charge is -2.29. The summed E-state index contributed by atoms with van der Waals surface area (Å²) in [5.41, 5.74) is 2.98. The molecule has 1 saturated carbocycles. The first-order chi connectivity index (χ1) is 14.5. The molecule has 1 aliphatic carbocycles. The summed E-state index contributed by atoms with van der Waals surface area (Å²) in [5, 5.41) is 20.0. The van der Waals surface area contributed by atoms with Gasteiger partial charge < -0.3 is 4.90 Å². The molecule has 3 aliphatic rings. The minimum Gasteiger partial charge on any atom is -0.322 e. The van der Waals surface area contributed by atoms with Crippen molar-refractivity contribution < 1.29 is 14.4 Å². The molecule has 2 aromatic rings. The van der Waals surface area contributed by atoms with Crippen LogP contribution in [0.4, 0.5) is 0 Å². The number of carbonyl (C=O) groups excluding carboxylic acids is 3. The smallest absolute Gasteiger partial charge is 0.255 e. The van der Waals surface area contributed by atoms with Gasteiger partial charge in [-0.3, -0.25) is 19.7 Å². The van der Waals surface area contributed by atoms with E-state index in [1.165, 1.54) is 4.90 Å². The summed E-state index contributed by atoms with van der Waals surface area (Å²) in [7, 11) is 0. The molecule has 5 rings (SSSR count). The minimum atomic E-state index is -0.623. The molecule has 3 unspecified atom stereocenters. The van der Waals surface area contributed by atoms with Crippen LogP contribution in [-0.2, 0) is 16.1 Å². The van der Waals surface area contributed by atoms with Gasteiger partial charge in [0, 0.05) is 30.0 Å². The molecule has 1 aromatic heterocycles. The van der Waals surface area contributed by atoms with Crippen LogP contribution >= 0.6 is 0 Å². The largest absolute Gasteiger partial charge is 0.322 e. The highest BCUT2D eigenvalue weighted by molar-refractivity contribution is 6.05. The molecule has 2 aliphatic heterocycles. The molecule has 0 spiro atoms. The van der Waals surface area contributed by atoms with Crippen molar-refractivity contribution in [3.63, 3.8) is 0 Å². The van der Waals surface area contributed by atoms with Crippen molar-refractivity contribution in [1.29, 1.82) is 5.26 Å². The first kappa shape index (κ1) is 18.5. The minimum absolute atomic E-state index is 0.0759. The zero-order valence-corrected chi connectivity index (χ0v) is 16.2. The molecule has 2 fully saturated rings. The molecular formula is C21H20N6O3. The Bertz CT molecular complexity index is 1100. The zero-order chi connectivity index (χ0) is 20.8. The van der Waals surface area contributed by atoms with Crippen LogP contribution in [0.25, 0.3) is 11.3 Å². The van der Waals surface area contributed by atoms with Crippen LogP contribution in [0, 0.1) is 17.2 Å². The van der Waals surface area contributed by atoms with Crippen molar-refractivity contribution >= 4 is 17.7 Å². The molecule has 9 nitrogen and oxygen atoms in total. The van der Waals surface area contributed by atoms with Gasteiger partial charge in [-0.1, -0.05) is 11.3 Å². The fraction of sp³-hybridized carbons (Fsp3) is 0.429. The van der Waals surface area contributed by atoms with Gasteiger partial charge in [-0.05, 0) is 43.4 Å². The van der Waals surface area contributed by atoms with Crippen molar-refractivity contribution in [2.75, 3.05) is 0 Å². The zero-order valence-electron chi connectivity index (χ0n) is 16.2. The van der Waals surface area contributed by atoms with E-state index in [0.29, 0.717) is 24.2 Å². The van der Waals surface area contributed by atoms with Gasteiger partial charge in [-0.2, -0.15) is 5.26 Å². The van der Waals surface area contributed by atoms with Crippen LogP contribution in [-0.4, -0.2) is 43.7 Å². The van der Waals surface area contributed by atoms with Crippen LogP contribution in [0.15, 0.2) is 24.4 Å². The van der Waals surface area contributed by atoms with Crippen LogP contribution in [0.2, 0.25) is 0 Å². The summed E-state index contributed by atoms with van der Waals surface area (Å²) in [6.45, 7) is 0.328. The van der Waals surface area contributed by atoms with Gasteiger partial charge in [0.2, 0.25) is 11.8 Å². The van der Waals surface area contributed by atoms with Crippen LogP contribution in [0.5, 0.6) is 0 Å². The highest BCUT2D eigenvalue weighted by Gasteiger charge is 2.39. The number of nitriles is 1. The Morgan fingerprint density at radius 2 is 2.03 bits per heavy atom. The van der Waals surface area contributed by atoms with Gasteiger partial charge in [-0.15, -0.1) is 5.10 Å². The number of imide groups is 1. The summed E-state index contributed by atoms with van der Waals surface area (Å²) in [4.78, 5) is 37.9. The number of piperidine rings is 1. The van der Waals surface area contributed by atoms with Gasteiger partial charge in [0.25, 0.3) is 5.91 Å². The second-order valence-electron chi connectivity index (χ2n) is 8.15. The molecule has 1 aromatic carbocycles. The summed E-state index contributed by atoms with van der Waals surface area (Å²) in [6, 6.07) is 7.41.